The van der Waals surface area contributed by atoms with Gasteiger partial charge in [-0.2, -0.15) is 0 Å². The van der Waals surface area contributed by atoms with Crippen LogP contribution in [0.2, 0.25) is 5.02 Å². The van der Waals surface area contributed by atoms with E-state index in [1.54, 1.807) is 18.2 Å². The number of amides is 1. The summed E-state index contributed by atoms with van der Waals surface area (Å²) in [5, 5.41) is 14.3. The summed E-state index contributed by atoms with van der Waals surface area (Å²) in [6.45, 7) is 0. The fourth-order valence-electron chi connectivity index (χ4n) is 2.63. The number of nitrogens with zero attached hydrogens (tertiary/aromatic N) is 1. The molecule has 1 unspecified atom stereocenters. The number of carbonyl (C=O) groups is 1. The van der Waals surface area contributed by atoms with Gasteiger partial charge in [-0.05, 0) is 11.6 Å². The highest BCUT2D eigenvalue weighted by Gasteiger charge is 2.23. The lowest BCUT2D eigenvalue weighted by molar-refractivity contribution is -0.384. The second-order valence-corrected chi connectivity index (χ2v) is 5.68. The summed E-state index contributed by atoms with van der Waals surface area (Å²) in [5.41, 5.74) is 2.02. The minimum absolute atomic E-state index is 0.0162. The highest BCUT2D eigenvalue weighted by molar-refractivity contribution is 6.31. The molecule has 0 aliphatic carbocycles. The Bertz CT molecular complexity index is 817. The second-order valence-electron chi connectivity index (χ2n) is 5.27. The lowest BCUT2D eigenvalue weighted by atomic mass is 9.90. The molecule has 1 N–H and O–H groups in total. The summed E-state index contributed by atoms with van der Waals surface area (Å²) in [6, 6.07) is 13.6. The minimum atomic E-state index is -0.458. The average Bonchev–Trinajstić information content (AvgIpc) is 2.55. The van der Waals surface area contributed by atoms with Crippen LogP contribution >= 0.6 is 11.6 Å². The number of rotatable bonds is 3. The van der Waals surface area contributed by atoms with Crippen molar-refractivity contribution in [3.8, 4) is 0 Å². The number of hydrogen-bond donors (Lipinski definition) is 1. The molecule has 23 heavy (non-hydrogen) atoms. The summed E-state index contributed by atoms with van der Waals surface area (Å²) in [7, 11) is 0. The molecule has 0 bridgehead atoms. The zero-order chi connectivity index (χ0) is 16.4. The van der Waals surface area contributed by atoms with E-state index in [1.807, 2.05) is 24.3 Å². The van der Waals surface area contributed by atoms with E-state index in [1.165, 1.54) is 12.1 Å². The Morgan fingerprint density at radius 3 is 2.70 bits per heavy atom. The lowest BCUT2D eigenvalue weighted by Gasteiger charge is -2.23. The molecule has 6 heteroatoms. The van der Waals surface area contributed by atoms with Crippen LogP contribution in [-0.4, -0.2) is 10.8 Å². The van der Waals surface area contributed by atoms with Gasteiger partial charge in [0.25, 0.3) is 5.69 Å². The predicted molar refractivity (Wildman–Crippen MR) is 88.0 cm³/mol. The SMILES string of the molecule is O=C1CC(c2ccccc2Cl)C=C(c2cccc([N+](=O)[O-])c2)N1. The first-order valence-corrected chi connectivity index (χ1v) is 7.43. The van der Waals surface area contributed by atoms with E-state index in [0.717, 1.165) is 5.56 Å². The molecule has 0 spiro atoms. The lowest BCUT2D eigenvalue weighted by Crippen LogP contribution is -2.28. The van der Waals surface area contributed by atoms with Gasteiger partial charge in [-0.1, -0.05) is 48.0 Å². The van der Waals surface area contributed by atoms with Crippen molar-refractivity contribution in [1.29, 1.82) is 0 Å². The molecule has 1 aliphatic heterocycles. The number of halogens is 1. The van der Waals surface area contributed by atoms with Crippen LogP contribution in [0.15, 0.2) is 54.6 Å². The molecule has 0 saturated carbocycles. The van der Waals surface area contributed by atoms with Gasteiger partial charge < -0.3 is 5.32 Å². The van der Waals surface area contributed by atoms with Gasteiger partial charge in [-0.15, -0.1) is 0 Å². The molecule has 0 aromatic heterocycles. The summed E-state index contributed by atoms with van der Waals surface area (Å²) in [6.07, 6.45) is 2.18. The normalized spacial score (nSPS) is 17.3. The number of nitrogens with one attached hydrogen (secondary N) is 1. The highest BCUT2D eigenvalue weighted by Crippen LogP contribution is 2.33. The number of allylic oxidation sites excluding steroid dienone is 1. The van der Waals surface area contributed by atoms with Gasteiger partial charge in [0.05, 0.1) is 4.92 Å². The van der Waals surface area contributed by atoms with Crippen LogP contribution in [0.1, 0.15) is 23.5 Å². The van der Waals surface area contributed by atoms with Crippen molar-refractivity contribution < 1.29 is 9.72 Å². The van der Waals surface area contributed by atoms with Crippen LogP contribution in [0.4, 0.5) is 5.69 Å². The Balaban J connectivity index is 2.01. The molecule has 116 valence electrons. The van der Waals surface area contributed by atoms with Gasteiger partial charge >= 0.3 is 0 Å². The molecule has 1 amide bonds. The number of carbonyl (C=O) groups excluding carboxylic acids is 1. The van der Waals surface area contributed by atoms with Gasteiger partial charge in [0.15, 0.2) is 0 Å². The molecular weight excluding hydrogens is 316 g/mol. The third-order valence-electron chi connectivity index (χ3n) is 3.72. The molecule has 1 atom stereocenters. The van der Waals surface area contributed by atoms with E-state index in [2.05, 4.69) is 5.32 Å². The fraction of sp³-hybridized carbons (Fsp3) is 0.118. The topological polar surface area (TPSA) is 72.2 Å². The van der Waals surface area contributed by atoms with Crippen LogP contribution in [0.3, 0.4) is 0 Å². The van der Waals surface area contributed by atoms with Crippen LogP contribution in [0.5, 0.6) is 0 Å². The average molecular weight is 329 g/mol. The van der Waals surface area contributed by atoms with Crippen molar-refractivity contribution >= 4 is 28.9 Å². The summed E-state index contributed by atoms with van der Waals surface area (Å²) >= 11 is 6.22. The maximum absolute atomic E-state index is 12.0. The van der Waals surface area contributed by atoms with Crippen LogP contribution in [-0.2, 0) is 4.79 Å². The maximum Gasteiger partial charge on any atom is 0.270 e. The minimum Gasteiger partial charge on any atom is -0.326 e. The Labute approximate surface area is 137 Å². The Morgan fingerprint density at radius 2 is 1.96 bits per heavy atom. The first-order valence-electron chi connectivity index (χ1n) is 7.05. The van der Waals surface area contributed by atoms with E-state index in [4.69, 9.17) is 11.6 Å². The first-order chi connectivity index (χ1) is 11.0. The number of nitro groups is 1. The largest absolute Gasteiger partial charge is 0.326 e. The van der Waals surface area contributed by atoms with E-state index in [-0.39, 0.29) is 17.5 Å². The van der Waals surface area contributed by atoms with Crippen molar-refractivity contribution in [2.45, 2.75) is 12.3 Å². The Hall–Kier alpha value is -2.66. The predicted octanol–water partition coefficient (Wildman–Crippen LogP) is 3.89. The Morgan fingerprint density at radius 1 is 1.17 bits per heavy atom. The summed E-state index contributed by atoms with van der Waals surface area (Å²) in [5.74, 6) is -0.300. The molecule has 0 radical (unpaired) electrons. The molecule has 3 rings (SSSR count). The maximum atomic E-state index is 12.0. The van der Waals surface area contributed by atoms with Crippen molar-refractivity contribution in [1.82, 2.24) is 5.32 Å². The summed E-state index contributed by atoms with van der Waals surface area (Å²) in [4.78, 5) is 22.5. The zero-order valence-electron chi connectivity index (χ0n) is 12.0. The van der Waals surface area contributed by atoms with E-state index in [0.29, 0.717) is 22.7 Å². The Kier molecular flexibility index (Phi) is 4.12. The third kappa shape index (κ3) is 3.24. The van der Waals surface area contributed by atoms with Gasteiger partial charge in [-0.25, -0.2) is 0 Å². The number of benzene rings is 2. The molecule has 5 nitrogen and oxygen atoms in total. The van der Waals surface area contributed by atoms with Crippen molar-refractivity contribution in [2.75, 3.05) is 0 Å². The molecule has 0 saturated heterocycles. The third-order valence-corrected chi connectivity index (χ3v) is 4.06. The monoisotopic (exact) mass is 328 g/mol. The van der Waals surface area contributed by atoms with Crippen molar-refractivity contribution in [3.63, 3.8) is 0 Å². The standard InChI is InChI=1S/C17H13ClN2O3/c18-15-7-2-1-6-14(15)12-9-16(19-17(21)10-12)11-4-3-5-13(8-11)20(22)23/h1-9,12H,10H2,(H,19,21). The fourth-order valence-corrected chi connectivity index (χ4v) is 2.91. The van der Waals surface area contributed by atoms with Crippen molar-refractivity contribution in [3.05, 3.63) is 80.9 Å². The first kappa shape index (κ1) is 15.2. The van der Waals surface area contributed by atoms with Crippen LogP contribution < -0.4 is 5.32 Å². The second kappa shape index (κ2) is 6.22. The molecule has 1 heterocycles. The van der Waals surface area contributed by atoms with Crippen LogP contribution in [0.25, 0.3) is 5.70 Å². The van der Waals surface area contributed by atoms with E-state index in [9.17, 15) is 14.9 Å². The number of nitro benzene ring substituents is 1. The molecule has 2 aromatic rings. The molecule has 2 aromatic carbocycles. The molecule has 0 fully saturated rings. The van der Waals surface area contributed by atoms with Gasteiger partial charge in [0, 0.05) is 40.8 Å². The number of non-ortho nitro benzene ring substituents is 1. The molecular formula is C17H13ClN2O3. The smallest absolute Gasteiger partial charge is 0.270 e. The highest BCUT2D eigenvalue weighted by atomic mass is 35.5. The molecule has 1 aliphatic rings. The van der Waals surface area contributed by atoms with Crippen molar-refractivity contribution in [2.24, 2.45) is 0 Å². The number of hydrogen-bond acceptors (Lipinski definition) is 3. The van der Waals surface area contributed by atoms with Crippen LogP contribution in [0, 0.1) is 10.1 Å². The summed E-state index contributed by atoms with van der Waals surface area (Å²) < 4.78 is 0. The van der Waals surface area contributed by atoms with Gasteiger partial charge in [0.2, 0.25) is 5.91 Å². The van der Waals surface area contributed by atoms with E-state index >= 15 is 0 Å². The quantitative estimate of drug-likeness (QED) is 0.686. The van der Waals surface area contributed by atoms with E-state index < -0.39 is 4.92 Å². The zero-order valence-corrected chi connectivity index (χ0v) is 12.8. The van der Waals surface area contributed by atoms with Gasteiger partial charge in [0.1, 0.15) is 0 Å². The van der Waals surface area contributed by atoms with Gasteiger partial charge in [-0.3, -0.25) is 14.9 Å².